The molecule has 2 unspecified atom stereocenters. The van der Waals surface area contributed by atoms with Crippen LogP contribution >= 0.6 is 0 Å². The number of amides is 2. The molecule has 2 heterocycles. The molecule has 5 nitrogen and oxygen atoms in total. The first-order valence-corrected chi connectivity index (χ1v) is 8.46. The highest BCUT2D eigenvalue weighted by molar-refractivity contribution is 7.85. The Kier molecular flexibility index (Phi) is 4.60. The van der Waals surface area contributed by atoms with Gasteiger partial charge in [-0.2, -0.15) is 0 Å². The van der Waals surface area contributed by atoms with Crippen LogP contribution in [0.4, 0.5) is 0 Å². The smallest absolute Gasteiger partial charge is 0.246 e. The Morgan fingerprint density at radius 1 is 1.37 bits per heavy atom. The van der Waals surface area contributed by atoms with Gasteiger partial charge >= 0.3 is 0 Å². The van der Waals surface area contributed by atoms with E-state index in [1.165, 1.54) is 0 Å². The normalized spacial score (nSPS) is 34.0. The van der Waals surface area contributed by atoms with Crippen LogP contribution in [0.2, 0.25) is 0 Å². The molecule has 2 amide bonds. The number of hydrogen-bond donors (Lipinski definition) is 1. The van der Waals surface area contributed by atoms with Gasteiger partial charge in [-0.05, 0) is 18.8 Å². The summed E-state index contributed by atoms with van der Waals surface area (Å²) in [5.41, 5.74) is 0. The third-order valence-corrected chi connectivity index (χ3v) is 5.57. The van der Waals surface area contributed by atoms with Gasteiger partial charge in [-0.1, -0.05) is 20.3 Å². The Morgan fingerprint density at radius 2 is 2.00 bits per heavy atom. The van der Waals surface area contributed by atoms with E-state index in [1.807, 2.05) is 13.8 Å². The van der Waals surface area contributed by atoms with Crippen LogP contribution in [0.15, 0.2) is 0 Å². The molecule has 19 heavy (non-hydrogen) atoms. The number of rotatable bonds is 3. The van der Waals surface area contributed by atoms with Crippen LogP contribution in [-0.2, 0) is 20.4 Å². The van der Waals surface area contributed by atoms with Gasteiger partial charge in [0.15, 0.2) is 0 Å². The predicted octanol–water partition coefficient (Wildman–Crippen LogP) is 0.271. The van der Waals surface area contributed by atoms with Crippen molar-refractivity contribution in [3.8, 4) is 0 Å². The standard InChI is InChI=1S/C13H22N2O3S/c1-3-9(2)12-13(17)15(8-11(16)14-12)10-4-6-19(18)7-5-10/h9-10,12H,3-8H2,1-2H3,(H,14,16). The minimum atomic E-state index is -0.743. The molecule has 1 N–H and O–H groups in total. The number of nitrogens with one attached hydrogen (secondary N) is 1. The fourth-order valence-electron chi connectivity index (χ4n) is 2.72. The molecule has 2 fully saturated rings. The van der Waals surface area contributed by atoms with E-state index < -0.39 is 16.8 Å². The maximum absolute atomic E-state index is 12.5. The highest BCUT2D eigenvalue weighted by atomic mass is 32.2. The summed E-state index contributed by atoms with van der Waals surface area (Å²) in [6.07, 6.45) is 2.36. The van der Waals surface area contributed by atoms with Crippen LogP contribution in [0.3, 0.4) is 0 Å². The van der Waals surface area contributed by atoms with Gasteiger partial charge in [0, 0.05) is 28.3 Å². The van der Waals surface area contributed by atoms with Gasteiger partial charge in [-0.3, -0.25) is 13.8 Å². The molecule has 2 rings (SSSR count). The molecule has 2 atom stereocenters. The van der Waals surface area contributed by atoms with E-state index in [4.69, 9.17) is 0 Å². The summed E-state index contributed by atoms with van der Waals surface area (Å²) in [7, 11) is -0.743. The van der Waals surface area contributed by atoms with Crippen molar-refractivity contribution in [1.82, 2.24) is 10.2 Å². The van der Waals surface area contributed by atoms with Gasteiger partial charge in [0.1, 0.15) is 6.04 Å². The second kappa shape index (κ2) is 6.03. The SMILES string of the molecule is CCC(C)C1NC(=O)CN(C2CCS(=O)CC2)C1=O. The molecule has 0 radical (unpaired) electrons. The molecule has 6 heteroatoms. The van der Waals surface area contributed by atoms with E-state index >= 15 is 0 Å². The Balaban J connectivity index is 2.09. The molecule has 108 valence electrons. The first kappa shape index (κ1) is 14.5. The van der Waals surface area contributed by atoms with Gasteiger partial charge in [-0.15, -0.1) is 0 Å². The lowest BCUT2D eigenvalue weighted by Gasteiger charge is -2.40. The summed E-state index contributed by atoms with van der Waals surface area (Å²) in [5.74, 6) is 1.40. The van der Waals surface area contributed by atoms with Crippen molar-refractivity contribution in [2.45, 2.75) is 45.2 Å². The van der Waals surface area contributed by atoms with Crippen molar-refractivity contribution in [1.29, 1.82) is 0 Å². The van der Waals surface area contributed by atoms with E-state index in [2.05, 4.69) is 5.32 Å². The van der Waals surface area contributed by atoms with E-state index in [0.29, 0.717) is 11.5 Å². The number of carbonyl (C=O) groups is 2. The first-order valence-electron chi connectivity index (χ1n) is 6.97. The van der Waals surface area contributed by atoms with Crippen molar-refractivity contribution < 1.29 is 13.8 Å². The third-order valence-electron chi connectivity index (χ3n) is 4.19. The number of hydrogen-bond acceptors (Lipinski definition) is 3. The van der Waals surface area contributed by atoms with Crippen molar-refractivity contribution in [3.05, 3.63) is 0 Å². The summed E-state index contributed by atoms with van der Waals surface area (Å²) >= 11 is 0. The molecular weight excluding hydrogens is 264 g/mol. The lowest BCUT2D eigenvalue weighted by molar-refractivity contribution is -0.148. The Labute approximate surface area is 116 Å². The zero-order chi connectivity index (χ0) is 14.0. The summed E-state index contributed by atoms with van der Waals surface area (Å²) < 4.78 is 11.4. The van der Waals surface area contributed by atoms with Gasteiger partial charge < -0.3 is 10.2 Å². The van der Waals surface area contributed by atoms with Crippen LogP contribution in [0.1, 0.15) is 33.1 Å². The maximum Gasteiger partial charge on any atom is 0.246 e. The molecule has 2 aliphatic rings. The van der Waals surface area contributed by atoms with Crippen molar-refractivity contribution in [2.24, 2.45) is 5.92 Å². The average molecular weight is 286 g/mol. The topological polar surface area (TPSA) is 66.5 Å². The van der Waals surface area contributed by atoms with Gasteiger partial charge in [0.05, 0.1) is 6.54 Å². The Bertz CT molecular complexity index is 389. The fraction of sp³-hybridized carbons (Fsp3) is 0.846. The summed E-state index contributed by atoms with van der Waals surface area (Å²) in [5, 5.41) is 2.80. The number of piperazine rings is 1. The second-order valence-electron chi connectivity index (χ2n) is 5.48. The second-order valence-corrected chi connectivity index (χ2v) is 7.17. The van der Waals surface area contributed by atoms with Gasteiger partial charge in [-0.25, -0.2) is 0 Å². The maximum atomic E-state index is 12.5. The van der Waals surface area contributed by atoms with Crippen molar-refractivity contribution in [3.63, 3.8) is 0 Å². The van der Waals surface area contributed by atoms with Gasteiger partial charge in [0.2, 0.25) is 11.8 Å². The predicted molar refractivity (Wildman–Crippen MR) is 74.0 cm³/mol. The highest BCUT2D eigenvalue weighted by Gasteiger charge is 2.39. The Hall–Kier alpha value is -0.910. The van der Waals surface area contributed by atoms with Crippen LogP contribution < -0.4 is 5.32 Å². The quantitative estimate of drug-likeness (QED) is 0.810. The lowest BCUT2D eigenvalue weighted by Crippen LogP contribution is -2.63. The third kappa shape index (κ3) is 3.16. The van der Waals surface area contributed by atoms with Crippen LogP contribution in [0, 0.1) is 5.92 Å². The molecule has 2 saturated heterocycles. The monoisotopic (exact) mass is 286 g/mol. The van der Waals surface area contributed by atoms with E-state index in [1.54, 1.807) is 4.90 Å². The molecule has 0 aromatic carbocycles. The van der Waals surface area contributed by atoms with Gasteiger partial charge in [0.25, 0.3) is 0 Å². The molecule has 0 spiro atoms. The lowest BCUT2D eigenvalue weighted by atomic mass is 9.94. The minimum Gasteiger partial charge on any atom is -0.342 e. The number of nitrogens with zero attached hydrogens (tertiary/aromatic N) is 1. The molecule has 0 aromatic heterocycles. The molecule has 0 saturated carbocycles. The van der Waals surface area contributed by atoms with Crippen molar-refractivity contribution in [2.75, 3.05) is 18.1 Å². The van der Waals surface area contributed by atoms with E-state index in [9.17, 15) is 13.8 Å². The van der Waals surface area contributed by atoms with Crippen LogP contribution in [0.5, 0.6) is 0 Å². The summed E-state index contributed by atoms with van der Waals surface area (Å²) in [4.78, 5) is 26.0. The molecule has 0 aromatic rings. The zero-order valence-electron chi connectivity index (χ0n) is 11.6. The Morgan fingerprint density at radius 3 is 2.58 bits per heavy atom. The first-order chi connectivity index (χ1) is 9.02. The summed E-state index contributed by atoms with van der Waals surface area (Å²) in [6.45, 7) is 4.16. The fourth-order valence-corrected chi connectivity index (χ4v) is 3.99. The van der Waals surface area contributed by atoms with E-state index in [-0.39, 0.29) is 30.3 Å². The average Bonchev–Trinajstić information content (AvgIpc) is 2.41. The summed E-state index contributed by atoms with van der Waals surface area (Å²) in [6, 6.07) is -0.304. The molecular formula is C13H22N2O3S. The highest BCUT2D eigenvalue weighted by Crippen LogP contribution is 2.21. The van der Waals surface area contributed by atoms with Crippen LogP contribution in [-0.4, -0.2) is 51.1 Å². The minimum absolute atomic E-state index is 0.0339. The molecule has 0 bridgehead atoms. The molecule has 2 aliphatic heterocycles. The van der Waals surface area contributed by atoms with Crippen molar-refractivity contribution >= 4 is 22.6 Å². The van der Waals surface area contributed by atoms with Crippen LogP contribution in [0.25, 0.3) is 0 Å². The molecule has 0 aliphatic carbocycles. The largest absolute Gasteiger partial charge is 0.342 e. The zero-order valence-corrected chi connectivity index (χ0v) is 12.4. The van der Waals surface area contributed by atoms with E-state index in [0.717, 1.165) is 19.3 Å². The number of carbonyl (C=O) groups excluding carboxylic acids is 2.